The van der Waals surface area contributed by atoms with Crippen molar-refractivity contribution in [1.82, 2.24) is 4.90 Å². The fraction of sp³-hybridized carbons (Fsp3) is 0.333. The number of hydrogen-bond acceptors (Lipinski definition) is 2. The highest BCUT2D eigenvalue weighted by Crippen LogP contribution is 2.20. The second-order valence-electron chi connectivity index (χ2n) is 5.58. The van der Waals surface area contributed by atoms with Gasteiger partial charge in [0.15, 0.2) is 0 Å². The third-order valence-electron chi connectivity index (χ3n) is 3.81. The molecule has 0 radical (unpaired) electrons. The first kappa shape index (κ1) is 16.2. The predicted molar refractivity (Wildman–Crippen MR) is 93.2 cm³/mol. The number of benzene rings is 2. The van der Waals surface area contributed by atoms with Gasteiger partial charge in [0.1, 0.15) is 0 Å². The van der Waals surface area contributed by atoms with E-state index in [2.05, 4.69) is 77.3 Å². The lowest BCUT2D eigenvalue weighted by molar-refractivity contribution is 0.311. The van der Waals surface area contributed by atoms with Gasteiger partial charge in [0.2, 0.25) is 0 Å². The molecule has 0 heterocycles. The van der Waals surface area contributed by atoms with E-state index in [9.17, 15) is 0 Å². The first-order chi connectivity index (χ1) is 10.1. The average molecular weight is 347 g/mol. The van der Waals surface area contributed by atoms with Crippen LogP contribution in [-0.2, 0) is 6.54 Å². The molecule has 2 rings (SSSR count). The molecule has 0 aliphatic rings. The van der Waals surface area contributed by atoms with Gasteiger partial charge in [-0.1, -0.05) is 58.4 Å². The molecule has 0 saturated heterocycles. The van der Waals surface area contributed by atoms with E-state index < -0.39 is 0 Å². The Morgan fingerprint density at radius 1 is 1.10 bits per heavy atom. The largest absolute Gasteiger partial charge is 0.324 e. The molecule has 0 aliphatic heterocycles. The quantitative estimate of drug-likeness (QED) is 0.845. The fourth-order valence-electron chi connectivity index (χ4n) is 2.51. The minimum atomic E-state index is 0.105. The molecule has 0 fully saturated rings. The standard InChI is InChI=1S/C18H23BrN2/c1-14-7-3-5-9-16(14)18(20)11-12-21(2)13-15-8-4-6-10-17(15)19/h3-10,18H,11-13,20H2,1-2H3. The summed E-state index contributed by atoms with van der Waals surface area (Å²) in [6.45, 7) is 4.04. The smallest absolute Gasteiger partial charge is 0.0309 e. The lowest BCUT2D eigenvalue weighted by Gasteiger charge is -2.21. The van der Waals surface area contributed by atoms with Crippen LogP contribution in [0.15, 0.2) is 53.0 Å². The number of nitrogens with zero attached hydrogens (tertiary/aromatic N) is 1. The monoisotopic (exact) mass is 346 g/mol. The molecule has 0 saturated carbocycles. The molecule has 0 spiro atoms. The molecular formula is C18H23BrN2. The van der Waals surface area contributed by atoms with E-state index in [0.29, 0.717) is 0 Å². The first-order valence-electron chi connectivity index (χ1n) is 7.31. The van der Waals surface area contributed by atoms with Crippen molar-refractivity contribution >= 4 is 15.9 Å². The van der Waals surface area contributed by atoms with Gasteiger partial charge in [0.05, 0.1) is 0 Å². The normalized spacial score (nSPS) is 12.6. The molecule has 2 aromatic rings. The Balaban J connectivity index is 1.88. The lowest BCUT2D eigenvalue weighted by Crippen LogP contribution is -2.24. The van der Waals surface area contributed by atoms with Gasteiger partial charge in [-0.2, -0.15) is 0 Å². The van der Waals surface area contributed by atoms with Gasteiger partial charge in [-0.3, -0.25) is 0 Å². The van der Waals surface area contributed by atoms with E-state index in [1.165, 1.54) is 21.2 Å². The minimum absolute atomic E-state index is 0.105. The van der Waals surface area contributed by atoms with Gasteiger partial charge in [-0.15, -0.1) is 0 Å². The molecule has 21 heavy (non-hydrogen) atoms. The molecule has 0 aromatic heterocycles. The Morgan fingerprint density at radius 2 is 1.76 bits per heavy atom. The van der Waals surface area contributed by atoms with E-state index in [-0.39, 0.29) is 6.04 Å². The summed E-state index contributed by atoms with van der Waals surface area (Å²) in [4.78, 5) is 2.32. The van der Waals surface area contributed by atoms with Crippen molar-refractivity contribution in [1.29, 1.82) is 0 Å². The maximum atomic E-state index is 6.33. The highest BCUT2D eigenvalue weighted by Gasteiger charge is 2.10. The highest BCUT2D eigenvalue weighted by atomic mass is 79.9. The minimum Gasteiger partial charge on any atom is -0.324 e. The van der Waals surface area contributed by atoms with Crippen LogP contribution in [0, 0.1) is 6.92 Å². The number of halogens is 1. The van der Waals surface area contributed by atoms with E-state index in [1.54, 1.807) is 0 Å². The Hall–Kier alpha value is -1.16. The van der Waals surface area contributed by atoms with Crippen molar-refractivity contribution in [2.24, 2.45) is 5.73 Å². The topological polar surface area (TPSA) is 29.3 Å². The van der Waals surface area contributed by atoms with Crippen LogP contribution in [0.5, 0.6) is 0 Å². The summed E-state index contributed by atoms with van der Waals surface area (Å²) in [5, 5.41) is 0. The van der Waals surface area contributed by atoms with Gasteiger partial charge >= 0.3 is 0 Å². The molecule has 0 bridgehead atoms. The third-order valence-corrected chi connectivity index (χ3v) is 4.58. The molecule has 0 aliphatic carbocycles. The van der Waals surface area contributed by atoms with E-state index >= 15 is 0 Å². The van der Waals surface area contributed by atoms with Crippen LogP contribution >= 0.6 is 15.9 Å². The van der Waals surface area contributed by atoms with Crippen LogP contribution in [0.4, 0.5) is 0 Å². The molecule has 1 atom stereocenters. The summed E-state index contributed by atoms with van der Waals surface area (Å²) in [5.41, 5.74) is 10.2. The fourth-order valence-corrected chi connectivity index (χ4v) is 2.92. The number of aryl methyl sites for hydroxylation is 1. The summed E-state index contributed by atoms with van der Waals surface area (Å²) in [6, 6.07) is 16.8. The maximum absolute atomic E-state index is 6.33. The lowest BCUT2D eigenvalue weighted by atomic mass is 9.99. The second-order valence-corrected chi connectivity index (χ2v) is 6.44. The number of rotatable bonds is 6. The van der Waals surface area contributed by atoms with Crippen LogP contribution in [0.1, 0.15) is 29.2 Å². The van der Waals surface area contributed by atoms with Gasteiger partial charge in [-0.25, -0.2) is 0 Å². The summed E-state index contributed by atoms with van der Waals surface area (Å²) in [5.74, 6) is 0. The zero-order chi connectivity index (χ0) is 15.2. The van der Waals surface area contributed by atoms with Gasteiger partial charge in [0.25, 0.3) is 0 Å². The van der Waals surface area contributed by atoms with Gasteiger partial charge < -0.3 is 10.6 Å². The Labute approximate surface area is 136 Å². The van der Waals surface area contributed by atoms with E-state index in [0.717, 1.165) is 19.5 Å². The SMILES string of the molecule is Cc1ccccc1C(N)CCN(C)Cc1ccccc1Br. The second kappa shape index (κ2) is 7.74. The Bertz CT molecular complexity index is 583. The third kappa shape index (κ3) is 4.67. The van der Waals surface area contributed by atoms with E-state index in [1.807, 2.05) is 6.07 Å². The summed E-state index contributed by atoms with van der Waals surface area (Å²) in [6.07, 6.45) is 0.964. The predicted octanol–water partition coefficient (Wildman–Crippen LogP) is 4.28. The molecule has 3 heteroatoms. The Morgan fingerprint density at radius 3 is 2.48 bits per heavy atom. The van der Waals surface area contributed by atoms with Crippen LogP contribution in [0.25, 0.3) is 0 Å². The first-order valence-corrected chi connectivity index (χ1v) is 8.10. The van der Waals surface area contributed by atoms with Crippen molar-refractivity contribution in [2.45, 2.75) is 25.9 Å². The zero-order valence-corrected chi connectivity index (χ0v) is 14.3. The van der Waals surface area contributed by atoms with Crippen molar-refractivity contribution < 1.29 is 0 Å². The van der Waals surface area contributed by atoms with Crippen molar-refractivity contribution in [3.05, 3.63) is 69.7 Å². The molecule has 112 valence electrons. The van der Waals surface area contributed by atoms with Crippen molar-refractivity contribution in [2.75, 3.05) is 13.6 Å². The van der Waals surface area contributed by atoms with Crippen molar-refractivity contribution in [3.63, 3.8) is 0 Å². The van der Waals surface area contributed by atoms with Gasteiger partial charge in [-0.05, 0) is 49.7 Å². The summed E-state index contributed by atoms with van der Waals surface area (Å²) in [7, 11) is 2.14. The van der Waals surface area contributed by atoms with Crippen LogP contribution in [0.3, 0.4) is 0 Å². The van der Waals surface area contributed by atoms with Crippen LogP contribution < -0.4 is 5.73 Å². The maximum Gasteiger partial charge on any atom is 0.0309 e. The zero-order valence-electron chi connectivity index (χ0n) is 12.7. The van der Waals surface area contributed by atoms with Crippen molar-refractivity contribution in [3.8, 4) is 0 Å². The highest BCUT2D eigenvalue weighted by molar-refractivity contribution is 9.10. The number of hydrogen-bond donors (Lipinski definition) is 1. The molecule has 2 nitrogen and oxygen atoms in total. The molecule has 0 amide bonds. The van der Waals surface area contributed by atoms with Crippen LogP contribution in [-0.4, -0.2) is 18.5 Å². The summed E-state index contributed by atoms with van der Waals surface area (Å²) >= 11 is 3.60. The Kier molecular flexibility index (Phi) is 5.97. The molecule has 2 aromatic carbocycles. The molecule has 2 N–H and O–H groups in total. The van der Waals surface area contributed by atoms with Crippen LogP contribution in [0.2, 0.25) is 0 Å². The molecule has 1 unspecified atom stereocenters. The molecular weight excluding hydrogens is 324 g/mol. The van der Waals surface area contributed by atoms with E-state index in [4.69, 9.17) is 5.73 Å². The summed E-state index contributed by atoms with van der Waals surface area (Å²) < 4.78 is 1.17. The average Bonchev–Trinajstić information content (AvgIpc) is 2.48. The number of nitrogens with two attached hydrogens (primary N) is 1. The van der Waals surface area contributed by atoms with Gasteiger partial charge in [0, 0.05) is 17.1 Å².